The van der Waals surface area contributed by atoms with E-state index >= 15 is 0 Å². The molecule has 4 rings (SSSR count). The smallest absolute Gasteiger partial charge is 0.199 e. The third kappa shape index (κ3) is 3.81. The number of hydrogen-bond acceptors (Lipinski definition) is 4. The summed E-state index contributed by atoms with van der Waals surface area (Å²) in [4.78, 5) is 6.14. The van der Waals surface area contributed by atoms with E-state index in [1.807, 2.05) is 24.1 Å². The molecular formula is C19H19ClFN5S. The minimum Gasteiger partial charge on any atom is -0.297 e. The fourth-order valence-electron chi connectivity index (χ4n) is 3.10. The molecule has 8 heteroatoms. The van der Waals surface area contributed by atoms with Crippen molar-refractivity contribution in [2.45, 2.75) is 32.1 Å². The number of benzene rings is 1. The largest absolute Gasteiger partial charge is 0.297 e. The van der Waals surface area contributed by atoms with Crippen molar-refractivity contribution in [1.82, 2.24) is 24.2 Å². The van der Waals surface area contributed by atoms with Crippen LogP contribution in [0.3, 0.4) is 0 Å². The van der Waals surface area contributed by atoms with Gasteiger partial charge < -0.3 is 0 Å². The zero-order chi connectivity index (χ0) is 19.0. The highest BCUT2D eigenvalue weighted by molar-refractivity contribution is 7.71. The maximum absolute atomic E-state index is 14.1. The Balaban J connectivity index is 1.62. The highest BCUT2D eigenvalue weighted by Gasteiger charge is 2.29. The van der Waals surface area contributed by atoms with Crippen LogP contribution in [-0.2, 0) is 13.2 Å². The van der Waals surface area contributed by atoms with E-state index in [0.29, 0.717) is 34.6 Å². The first kappa shape index (κ1) is 18.3. The van der Waals surface area contributed by atoms with E-state index in [1.165, 1.54) is 6.07 Å². The normalized spacial score (nSPS) is 14.1. The Hall–Kier alpha value is -2.09. The van der Waals surface area contributed by atoms with Gasteiger partial charge in [-0.05, 0) is 56.4 Å². The van der Waals surface area contributed by atoms with Gasteiger partial charge in [0.2, 0.25) is 0 Å². The summed E-state index contributed by atoms with van der Waals surface area (Å²) in [5.74, 6) is 0.519. The van der Waals surface area contributed by atoms with Gasteiger partial charge in [-0.25, -0.2) is 9.07 Å². The van der Waals surface area contributed by atoms with Gasteiger partial charge >= 0.3 is 0 Å². The monoisotopic (exact) mass is 403 g/mol. The Morgan fingerprint density at radius 2 is 2.11 bits per heavy atom. The number of nitrogens with zero attached hydrogens (tertiary/aromatic N) is 5. The van der Waals surface area contributed by atoms with E-state index in [2.05, 4.69) is 9.55 Å². The molecule has 1 saturated carbocycles. The highest BCUT2D eigenvalue weighted by atomic mass is 35.5. The number of rotatable bonds is 6. The summed E-state index contributed by atoms with van der Waals surface area (Å²) < 4.78 is 18.6. The molecule has 1 aromatic carbocycles. The van der Waals surface area contributed by atoms with Crippen molar-refractivity contribution in [2.24, 2.45) is 0 Å². The number of hydrogen-bond donors (Lipinski definition) is 0. The van der Waals surface area contributed by atoms with Crippen molar-refractivity contribution in [3.63, 3.8) is 0 Å². The lowest BCUT2D eigenvalue weighted by Crippen LogP contribution is -2.23. The summed E-state index contributed by atoms with van der Waals surface area (Å²) in [7, 11) is 1.89. The van der Waals surface area contributed by atoms with Crippen molar-refractivity contribution in [3.8, 4) is 11.4 Å². The first-order chi connectivity index (χ1) is 13.0. The van der Waals surface area contributed by atoms with Crippen molar-refractivity contribution < 1.29 is 4.39 Å². The molecule has 0 bridgehead atoms. The molecule has 0 unspecified atom stereocenters. The molecule has 0 aliphatic heterocycles. The lowest BCUT2D eigenvalue weighted by molar-refractivity contribution is 0.241. The van der Waals surface area contributed by atoms with Crippen LogP contribution in [0.1, 0.15) is 24.4 Å². The molecule has 0 N–H and O–H groups in total. The minimum absolute atomic E-state index is 0.308. The second-order valence-electron chi connectivity index (χ2n) is 6.80. The Bertz CT molecular complexity index is 992. The fourth-order valence-corrected chi connectivity index (χ4v) is 3.65. The van der Waals surface area contributed by atoms with E-state index in [4.69, 9.17) is 28.9 Å². The molecule has 0 atom stereocenters. The fraction of sp³-hybridized carbons (Fsp3) is 0.316. The third-order valence-electron chi connectivity index (χ3n) is 4.57. The van der Waals surface area contributed by atoms with Crippen LogP contribution < -0.4 is 0 Å². The highest BCUT2D eigenvalue weighted by Crippen LogP contribution is 2.38. The third-order valence-corrected chi connectivity index (χ3v) is 5.33. The minimum atomic E-state index is -0.308. The maximum Gasteiger partial charge on any atom is 0.199 e. The average molecular weight is 404 g/mol. The van der Waals surface area contributed by atoms with Gasteiger partial charge in [0.15, 0.2) is 10.6 Å². The van der Waals surface area contributed by atoms with Gasteiger partial charge in [-0.2, -0.15) is 5.10 Å². The average Bonchev–Trinajstić information content (AvgIpc) is 3.44. The number of aromatic nitrogens is 4. The van der Waals surface area contributed by atoms with Gasteiger partial charge in [-0.3, -0.25) is 14.5 Å². The van der Waals surface area contributed by atoms with Crippen LogP contribution in [0, 0.1) is 10.6 Å². The molecule has 1 aliphatic carbocycles. The van der Waals surface area contributed by atoms with Gasteiger partial charge in [0.05, 0.1) is 6.67 Å². The molecule has 1 fully saturated rings. The summed E-state index contributed by atoms with van der Waals surface area (Å²) >= 11 is 11.8. The molecule has 3 aromatic rings. The van der Waals surface area contributed by atoms with Crippen molar-refractivity contribution in [2.75, 3.05) is 7.05 Å². The number of halogens is 2. The molecule has 0 saturated heterocycles. The van der Waals surface area contributed by atoms with Gasteiger partial charge in [0, 0.05) is 41.1 Å². The van der Waals surface area contributed by atoms with Crippen LogP contribution in [0.2, 0.25) is 5.02 Å². The lowest BCUT2D eigenvalue weighted by atomic mass is 10.2. The Morgan fingerprint density at radius 1 is 1.30 bits per heavy atom. The Morgan fingerprint density at radius 3 is 2.78 bits per heavy atom. The summed E-state index contributed by atoms with van der Waals surface area (Å²) in [5.41, 5.74) is 1.41. The zero-order valence-electron chi connectivity index (χ0n) is 14.8. The van der Waals surface area contributed by atoms with Crippen LogP contribution in [0.25, 0.3) is 11.4 Å². The van der Waals surface area contributed by atoms with E-state index in [-0.39, 0.29) is 5.82 Å². The van der Waals surface area contributed by atoms with E-state index in [9.17, 15) is 4.39 Å². The summed E-state index contributed by atoms with van der Waals surface area (Å²) in [6.45, 7) is 0.808. The van der Waals surface area contributed by atoms with Crippen molar-refractivity contribution >= 4 is 23.8 Å². The van der Waals surface area contributed by atoms with Crippen LogP contribution in [0.15, 0.2) is 42.7 Å². The first-order valence-corrected chi connectivity index (χ1v) is 9.54. The van der Waals surface area contributed by atoms with Gasteiger partial charge in [-0.1, -0.05) is 17.7 Å². The van der Waals surface area contributed by atoms with Crippen molar-refractivity contribution in [3.05, 3.63) is 63.9 Å². The zero-order valence-corrected chi connectivity index (χ0v) is 16.4. The molecule has 2 aromatic heterocycles. The number of pyridine rings is 1. The molecule has 27 heavy (non-hydrogen) atoms. The predicted molar refractivity (Wildman–Crippen MR) is 105 cm³/mol. The SMILES string of the molecule is CN(Cc1c(F)cccc1Cl)Cn1nc(-c2cccnc2)n(C2CC2)c1=S. The molecule has 2 heterocycles. The van der Waals surface area contributed by atoms with Crippen LogP contribution >= 0.6 is 23.8 Å². The summed E-state index contributed by atoms with van der Waals surface area (Å²) in [5, 5.41) is 5.16. The Labute approximate surface area is 167 Å². The predicted octanol–water partition coefficient (Wildman–Crippen LogP) is 4.69. The quantitative estimate of drug-likeness (QED) is 0.559. The maximum atomic E-state index is 14.1. The van der Waals surface area contributed by atoms with E-state index in [1.54, 1.807) is 29.2 Å². The second-order valence-corrected chi connectivity index (χ2v) is 7.58. The topological polar surface area (TPSA) is 38.9 Å². The molecule has 140 valence electrons. The molecule has 0 spiro atoms. The standard InChI is InChI=1S/C19H19ClFN5S/c1-24(11-15-16(20)5-2-6-17(15)21)12-25-19(27)26(14-7-8-14)18(23-25)13-4-3-9-22-10-13/h2-6,9-10,14H,7-8,11-12H2,1H3. The van der Waals surface area contributed by atoms with Crippen LogP contribution in [0.4, 0.5) is 4.39 Å². The Kier molecular flexibility index (Phi) is 5.08. The van der Waals surface area contributed by atoms with Gasteiger partial charge in [0.25, 0.3) is 0 Å². The van der Waals surface area contributed by atoms with Gasteiger partial charge in [0.1, 0.15) is 5.82 Å². The molecular weight excluding hydrogens is 385 g/mol. The van der Waals surface area contributed by atoms with Gasteiger partial charge in [-0.15, -0.1) is 0 Å². The van der Waals surface area contributed by atoms with Crippen molar-refractivity contribution in [1.29, 1.82) is 0 Å². The lowest BCUT2D eigenvalue weighted by Gasteiger charge is -2.17. The second kappa shape index (κ2) is 7.50. The molecule has 0 amide bonds. The van der Waals surface area contributed by atoms with Crippen LogP contribution in [0.5, 0.6) is 0 Å². The first-order valence-electron chi connectivity index (χ1n) is 8.76. The molecule has 1 aliphatic rings. The van der Waals surface area contributed by atoms with E-state index < -0.39 is 0 Å². The van der Waals surface area contributed by atoms with Crippen LogP contribution in [-0.4, -0.2) is 31.3 Å². The summed E-state index contributed by atoms with van der Waals surface area (Å²) in [6.07, 6.45) is 5.74. The molecule has 5 nitrogen and oxygen atoms in total. The molecule has 0 radical (unpaired) electrons. The summed E-state index contributed by atoms with van der Waals surface area (Å²) in [6, 6.07) is 8.99. The van der Waals surface area contributed by atoms with E-state index in [0.717, 1.165) is 24.2 Å².